The first-order valence-corrected chi connectivity index (χ1v) is 7.41. The number of hydrogen-bond acceptors (Lipinski definition) is 2. The molecule has 1 N–H and O–H groups in total. The van der Waals surface area contributed by atoms with Crippen LogP contribution < -0.4 is 5.32 Å². The van der Waals surface area contributed by atoms with E-state index in [0.717, 1.165) is 15.7 Å². The van der Waals surface area contributed by atoms with Crippen molar-refractivity contribution in [1.82, 2.24) is 0 Å². The van der Waals surface area contributed by atoms with Crippen LogP contribution >= 0.6 is 15.9 Å². The highest BCUT2D eigenvalue weighted by atomic mass is 79.9. The van der Waals surface area contributed by atoms with E-state index >= 15 is 0 Å². The first-order valence-electron chi connectivity index (χ1n) is 6.62. The summed E-state index contributed by atoms with van der Waals surface area (Å²) >= 11 is 3.44. The van der Waals surface area contributed by atoms with Crippen molar-refractivity contribution in [3.63, 3.8) is 0 Å². The maximum Gasteiger partial charge on any atom is 0.230 e. The third-order valence-electron chi connectivity index (χ3n) is 3.85. The lowest BCUT2D eigenvalue weighted by atomic mass is 9.89. The molecule has 4 atom stereocenters. The molecular formula is C15H20BrNO2. The van der Waals surface area contributed by atoms with Gasteiger partial charge in [-0.1, -0.05) is 22.9 Å². The fourth-order valence-electron chi connectivity index (χ4n) is 2.75. The van der Waals surface area contributed by atoms with Gasteiger partial charge in [-0.25, -0.2) is 0 Å². The Balaban J connectivity index is 2.13. The first kappa shape index (κ1) is 14.5. The Morgan fingerprint density at radius 3 is 2.42 bits per heavy atom. The van der Waals surface area contributed by atoms with E-state index < -0.39 is 0 Å². The molecule has 0 aromatic heterocycles. The van der Waals surface area contributed by atoms with Crippen molar-refractivity contribution in [2.45, 2.75) is 39.9 Å². The van der Waals surface area contributed by atoms with Crippen LogP contribution in [-0.2, 0) is 9.53 Å². The zero-order valence-corrected chi connectivity index (χ0v) is 13.3. The number of hydrogen-bond donors (Lipinski definition) is 1. The van der Waals surface area contributed by atoms with Crippen molar-refractivity contribution in [2.24, 2.45) is 11.8 Å². The van der Waals surface area contributed by atoms with Gasteiger partial charge in [0, 0.05) is 10.2 Å². The summed E-state index contributed by atoms with van der Waals surface area (Å²) in [5, 5.41) is 3.00. The molecule has 0 saturated carbocycles. The second-order valence-corrected chi connectivity index (χ2v) is 6.35. The highest BCUT2D eigenvalue weighted by molar-refractivity contribution is 9.10. The van der Waals surface area contributed by atoms with Crippen LogP contribution in [0.15, 0.2) is 22.7 Å². The highest BCUT2D eigenvalue weighted by Crippen LogP contribution is 2.33. The highest BCUT2D eigenvalue weighted by Gasteiger charge is 2.41. The molecule has 0 bridgehead atoms. The topological polar surface area (TPSA) is 38.3 Å². The average molecular weight is 326 g/mol. The number of halogens is 1. The molecule has 4 unspecified atom stereocenters. The lowest BCUT2D eigenvalue weighted by molar-refractivity contribution is -0.121. The summed E-state index contributed by atoms with van der Waals surface area (Å²) in [6.07, 6.45) is 0.105. The average Bonchev–Trinajstić information content (AvgIpc) is 2.51. The number of aryl methyl sites for hydroxylation is 1. The van der Waals surface area contributed by atoms with E-state index in [-0.39, 0.29) is 30.0 Å². The third-order valence-corrected chi connectivity index (χ3v) is 4.31. The van der Waals surface area contributed by atoms with Gasteiger partial charge in [-0.05, 0) is 50.5 Å². The lowest BCUT2D eigenvalue weighted by Crippen LogP contribution is -2.32. The SMILES string of the molecule is Cc1cc(Br)cc(NC(=O)C2C(C)OC(C)C2C)c1. The summed E-state index contributed by atoms with van der Waals surface area (Å²) in [6.45, 7) is 8.07. The van der Waals surface area contributed by atoms with Gasteiger partial charge in [0.15, 0.2) is 0 Å². The molecule has 1 aromatic rings. The van der Waals surface area contributed by atoms with Crippen LogP contribution in [0.2, 0.25) is 0 Å². The van der Waals surface area contributed by atoms with E-state index in [4.69, 9.17) is 4.74 Å². The molecule has 1 amide bonds. The summed E-state index contributed by atoms with van der Waals surface area (Å²) in [4.78, 5) is 12.4. The van der Waals surface area contributed by atoms with E-state index in [2.05, 4.69) is 28.2 Å². The number of nitrogens with one attached hydrogen (secondary N) is 1. The smallest absolute Gasteiger partial charge is 0.230 e. The van der Waals surface area contributed by atoms with Crippen LogP contribution in [0.5, 0.6) is 0 Å². The summed E-state index contributed by atoms with van der Waals surface area (Å²) in [5.41, 5.74) is 1.94. The zero-order chi connectivity index (χ0) is 14.2. The number of carbonyl (C=O) groups excluding carboxylic acids is 1. The van der Waals surface area contributed by atoms with Crippen LogP contribution in [-0.4, -0.2) is 18.1 Å². The van der Waals surface area contributed by atoms with Gasteiger partial charge in [-0.2, -0.15) is 0 Å². The number of rotatable bonds is 2. The molecule has 2 rings (SSSR count). The van der Waals surface area contributed by atoms with Gasteiger partial charge >= 0.3 is 0 Å². The van der Waals surface area contributed by atoms with Gasteiger partial charge in [-0.3, -0.25) is 4.79 Å². The van der Waals surface area contributed by atoms with Gasteiger partial charge in [0.2, 0.25) is 5.91 Å². The quantitative estimate of drug-likeness (QED) is 0.899. The van der Waals surface area contributed by atoms with Crippen molar-refractivity contribution in [1.29, 1.82) is 0 Å². The second-order valence-electron chi connectivity index (χ2n) is 5.44. The number of benzene rings is 1. The lowest BCUT2D eigenvalue weighted by Gasteiger charge is -2.18. The molecule has 0 radical (unpaired) electrons. The minimum absolute atomic E-state index is 0.0294. The standard InChI is InChI=1S/C15H20BrNO2/c1-8-5-12(16)7-13(6-8)17-15(18)14-9(2)10(3)19-11(14)4/h5-7,9-11,14H,1-4H3,(H,17,18). The molecule has 1 heterocycles. The van der Waals surface area contributed by atoms with Crippen molar-refractivity contribution >= 4 is 27.5 Å². The molecule has 0 aliphatic carbocycles. The number of amides is 1. The normalized spacial score (nSPS) is 30.4. The molecule has 1 aliphatic heterocycles. The third kappa shape index (κ3) is 3.18. The van der Waals surface area contributed by atoms with Crippen LogP contribution in [0.25, 0.3) is 0 Å². The molecule has 4 heteroatoms. The molecule has 3 nitrogen and oxygen atoms in total. The van der Waals surface area contributed by atoms with Crippen molar-refractivity contribution in [3.8, 4) is 0 Å². The Bertz CT molecular complexity index is 469. The van der Waals surface area contributed by atoms with E-state index in [1.807, 2.05) is 39.0 Å². The van der Waals surface area contributed by atoms with Crippen LogP contribution in [0, 0.1) is 18.8 Å². The van der Waals surface area contributed by atoms with Gasteiger partial charge < -0.3 is 10.1 Å². The Kier molecular flexibility index (Phi) is 4.31. The number of carbonyl (C=O) groups is 1. The summed E-state index contributed by atoms with van der Waals surface area (Å²) < 4.78 is 6.69. The number of anilines is 1. The van der Waals surface area contributed by atoms with Gasteiger partial charge in [0.25, 0.3) is 0 Å². The van der Waals surface area contributed by atoms with Crippen LogP contribution in [0.3, 0.4) is 0 Å². The molecule has 104 valence electrons. The zero-order valence-electron chi connectivity index (χ0n) is 11.7. The first-order chi connectivity index (χ1) is 8.88. The Labute approximate surface area is 122 Å². The van der Waals surface area contributed by atoms with E-state index in [9.17, 15) is 4.79 Å². The Morgan fingerprint density at radius 1 is 1.21 bits per heavy atom. The molecule has 1 aliphatic rings. The monoisotopic (exact) mass is 325 g/mol. The molecule has 1 aromatic carbocycles. The summed E-state index contributed by atoms with van der Waals surface area (Å²) in [6, 6.07) is 5.90. The fraction of sp³-hybridized carbons (Fsp3) is 0.533. The van der Waals surface area contributed by atoms with Crippen LogP contribution in [0.4, 0.5) is 5.69 Å². The summed E-state index contributed by atoms with van der Waals surface area (Å²) in [5.74, 6) is 0.194. The molecule has 0 spiro atoms. The largest absolute Gasteiger partial charge is 0.374 e. The van der Waals surface area contributed by atoms with E-state index in [0.29, 0.717) is 0 Å². The Morgan fingerprint density at radius 2 is 1.89 bits per heavy atom. The van der Waals surface area contributed by atoms with Crippen molar-refractivity contribution in [2.75, 3.05) is 5.32 Å². The minimum atomic E-state index is -0.0886. The van der Waals surface area contributed by atoms with Gasteiger partial charge in [-0.15, -0.1) is 0 Å². The maximum absolute atomic E-state index is 12.4. The van der Waals surface area contributed by atoms with Crippen molar-refractivity contribution < 1.29 is 9.53 Å². The van der Waals surface area contributed by atoms with Crippen molar-refractivity contribution in [3.05, 3.63) is 28.2 Å². The predicted octanol–water partition coefficient (Wildman–Crippen LogP) is 3.76. The molecule has 19 heavy (non-hydrogen) atoms. The molecular weight excluding hydrogens is 306 g/mol. The van der Waals surface area contributed by atoms with Gasteiger partial charge in [0.1, 0.15) is 0 Å². The second kappa shape index (κ2) is 5.63. The minimum Gasteiger partial charge on any atom is -0.374 e. The molecule has 1 fully saturated rings. The maximum atomic E-state index is 12.4. The fourth-order valence-corrected chi connectivity index (χ4v) is 3.36. The van der Waals surface area contributed by atoms with Gasteiger partial charge in [0.05, 0.1) is 18.1 Å². The summed E-state index contributed by atoms with van der Waals surface area (Å²) in [7, 11) is 0. The Hall–Kier alpha value is -0.870. The predicted molar refractivity (Wildman–Crippen MR) is 80.2 cm³/mol. The molecule has 1 saturated heterocycles. The van der Waals surface area contributed by atoms with E-state index in [1.54, 1.807) is 0 Å². The number of ether oxygens (including phenoxy) is 1. The van der Waals surface area contributed by atoms with E-state index in [1.165, 1.54) is 0 Å². The van der Waals surface area contributed by atoms with Crippen LogP contribution in [0.1, 0.15) is 26.3 Å².